The molecule has 0 fully saturated rings. The number of rotatable bonds is 7. The van der Waals surface area contributed by atoms with E-state index in [2.05, 4.69) is 59.6 Å². The summed E-state index contributed by atoms with van der Waals surface area (Å²) < 4.78 is 0. The van der Waals surface area contributed by atoms with Crippen LogP contribution < -0.4 is 10.6 Å². The van der Waals surface area contributed by atoms with Gasteiger partial charge in [0.15, 0.2) is 0 Å². The first-order chi connectivity index (χ1) is 10.7. The van der Waals surface area contributed by atoms with Crippen molar-refractivity contribution in [2.45, 2.75) is 47.0 Å². The molecule has 4 heteroatoms. The van der Waals surface area contributed by atoms with Crippen LogP contribution in [0.25, 0.3) is 0 Å². The van der Waals surface area contributed by atoms with Gasteiger partial charge in [0.1, 0.15) is 5.82 Å². The van der Waals surface area contributed by atoms with Crippen LogP contribution in [0.15, 0.2) is 24.3 Å². The number of hydrogen-bond donors (Lipinski definition) is 2. The Labute approximate surface area is 133 Å². The molecule has 4 nitrogen and oxygen atoms in total. The van der Waals surface area contributed by atoms with E-state index in [1.807, 2.05) is 13.0 Å². The topological polar surface area (TPSA) is 49.8 Å². The summed E-state index contributed by atoms with van der Waals surface area (Å²) in [6, 6.07) is 8.46. The lowest BCUT2D eigenvalue weighted by Gasteiger charge is -2.16. The van der Waals surface area contributed by atoms with E-state index in [1.54, 1.807) is 0 Å². The minimum absolute atomic E-state index is 0.691. The van der Waals surface area contributed by atoms with Crippen molar-refractivity contribution in [2.24, 2.45) is 0 Å². The second-order valence-corrected chi connectivity index (χ2v) is 5.43. The van der Waals surface area contributed by atoms with Crippen LogP contribution in [0.4, 0.5) is 17.5 Å². The van der Waals surface area contributed by atoms with Crippen molar-refractivity contribution in [3.05, 3.63) is 41.1 Å². The predicted molar refractivity (Wildman–Crippen MR) is 94.0 cm³/mol. The highest BCUT2D eigenvalue weighted by molar-refractivity contribution is 5.65. The van der Waals surface area contributed by atoms with Crippen LogP contribution >= 0.6 is 0 Å². The van der Waals surface area contributed by atoms with Crippen molar-refractivity contribution >= 4 is 17.5 Å². The SMILES string of the molecule is CCCNc1nc(C)cc(Nc2c(CC)cccc2CC)n1. The van der Waals surface area contributed by atoms with Gasteiger partial charge in [0.25, 0.3) is 0 Å². The first-order valence-electron chi connectivity index (χ1n) is 8.15. The second kappa shape index (κ2) is 7.78. The Balaban J connectivity index is 2.32. The molecule has 22 heavy (non-hydrogen) atoms. The zero-order valence-electron chi connectivity index (χ0n) is 14.0. The summed E-state index contributed by atoms with van der Waals surface area (Å²) in [7, 11) is 0. The number of nitrogens with one attached hydrogen (secondary N) is 2. The lowest BCUT2D eigenvalue weighted by atomic mass is 10.0. The smallest absolute Gasteiger partial charge is 0.224 e. The Kier molecular flexibility index (Phi) is 5.75. The third-order valence-electron chi connectivity index (χ3n) is 3.64. The summed E-state index contributed by atoms with van der Waals surface area (Å²) in [5, 5.41) is 6.77. The monoisotopic (exact) mass is 298 g/mol. The summed E-state index contributed by atoms with van der Waals surface area (Å²) >= 11 is 0. The van der Waals surface area contributed by atoms with E-state index in [0.29, 0.717) is 5.95 Å². The van der Waals surface area contributed by atoms with Crippen LogP contribution in [-0.4, -0.2) is 16.5 Å². The second-order valence-electron chi connectivity index (χ2n) is 5.43. The fraction of sp³-hybridized carbons (Fsp3) is 0.444. The lowest BCUT2D eigenvalue weighted by molar-refractivity contribution is 0.947. The first kappa shape index (κ1) is 16.3. The van der Waals surface area contributed by atoms with Gasteiger partial charge in [0.2, 0.25) is 5.95 Å². The van der Waals surface area contributed by atoms with Crippen molar-refractivity contribution in [2.75, 3.05) is 17.2 Å². The van der Waals surface area contributed by atoms with Gasteiger partial charge >= 0.3 is 0 Å². The summed E-state index contributed by atoms with van der Waals surface area (Å²) in [5.74, 6) is 1.54. The molecule has 118 valence electrons. The minimum atomic E-state index is 0.691. The van der Waals surface area contributed by atoms with Crippen LogP contribution in [0.2, 0.25) is 0 Å². The van der Waals surface area contributed by atoms with Crippen molar-refractivity contribution in [3.63, 3.8) is 0 Å². The highest BCUT2D eigenvalue weighted by Crippen LogP contribution is 2.26. The molecular weight excluding hydrogens is 272 g/mol. The fourth-order valence-corrected chi connectivity index (χ4v) is 2.48. The minimum Gasteiger partial charge on any atom is -0.354 e. The average Bonchev–Trinajstić information content (AvgIpc) is 2.52. The Morgan fingerprint density at radius 2 is 1.68 bits per heavy atom. The molecule has 0 aliphatic rings. The van der Waals surface area contributed by atoms with E-state index in [9.17, 15) is 0 Å². The van der Waals surface area contributed by atoms with Crippen LogP contribution in [0.5, 0.6) is 0 Å². The van der Waals surface area contributed by atoms with Gasteiger partial charge in [0, 0.05) is 24.0 Å². The van der Waals surface area contributed by atoms with Crippen LogP contribution in [0.3, 0.4) is 0 Å². The molecule has 1 heterocycles. The van der Waals surface area contributed by atoms with E-state index >= 15 is 0 Å². The standard InChI is InChI=1S/C18H26N4/c1-5-11-19-18-20-13(4)12-16(22-18)21-17-14(6-2)9-8-10-15(17)7-3/h8-10,12H,5-7,11H2,1-4H3,(H2,19,20,21,22). The maximum absolute atomic E-state index is 4.58. The van der Waals surface area contributed by atoms with Gasteiger partial charge in [-0.15, -0.1) is 0 Å². The summed E-state index contributed by atoms with van der Waals surface area (Å²) in [5.41, 5.74) is 4.78. The molecule has 0 unspecified atom stereocenters. The molecule has 0 radical (unpaired) electrons. The molecular formula is C18H26N4. The summed E-state index contributed by atoms with van der Waals surface area (Å²) in [4.78, 5) is 9.02. The van der Waals surface area contributed by atoms with Crippen LogP contribution in [0.1, 0.15) is 44.0 Å². The molecule has 0 saturated carbocycles. The maximum Gasteiger partial charge on any atom is 0.224 e. The molecule has 0 spiro atoms. The first-order valence-corrected chi connectivity index (χ1v) is 8.15. The predicted octanol–water partition coefficient (Wildman–Crippen LogP) is 4.48. The number of para-hydroxylation sites is 1. The van der Waals surface area contributed by atoms with Gasteiger partial charge < -0.3 is 10.6 Å². The van der Waals surface area contributed by atoms with Gasteiger partial charge in [-0.1, -0.05) is 39.0 Å². The molecule has 1 aromatic heterocycles. The molecule has 0 saturated heterocycles. The van der Waals surface area contributed by atoms with Gasteiger partial charge in [0.05, 0.1) is 0 Å². The Hall–Kier alpha value is -2.10. The molecule has 0 aliphatic heterocycles. The van der Waals surface area contributed by atoms with E-state index in [1.165, 1.54) is 16.8 Å². The van der Waals surface area contributed by atoms with Gasteiger partial charge in [-0.25, -0.2) is 4.98 Å². The Morgan fingerprint density at radius 1 is 1.00 bits per heavy atom. The number of hydrogen-bond acceptors (Lipinski definition) is 4. The third kappa shape index (κ3) is 3.97. The zero-order chi connectivity index (χ0) is 15.9. The van der Waals surface area contributed by atoms with Crippen LogP contribution in [0, 0.1) is 6.92 Å². The average molecular weight is 298 g/mol. The molecule has 0 aliphatic carbocycles. The fourth-order valence-electron chi connectivity index (χ4n) is 2.48. The van der Waals surface area contributed by atoms with Crippen molar-refractivity contribution < 1.29 is 0 Å². The molecule has 2 aromatic rings. The van der Waals surface area contributed by atoms with E-state index in [0.717, 1.165) is 37.3 Å². The maximum atomic E-state index is 4.58. The number of aryl methyl sites for hydroxylation is 3. The quantitative estimate of drug-likeness (QED) is 0.791. The van der Waals surface area contributed by atoms with E-state index in [4.69, 9.17) is 0 Å². The summed E-state index contributed by atoms with van der Waals surface area (Å²) in [6.45, 7) is 9.37. The van der Waals surface area contributed by atoms with E-state index < -0.39 is 0 Å². The van der Waals surface area contributed by atoms with Gasteiger partial charge in [-0.3, -0.25) is 0 Å². The Morgan fingerprint density at radius 3 is 2.27 bits per heavy atom. The third-order valence-corrected chi connectivity index (χ3v) is 3.64. The zero-order valence-corrected chi connectivity index (χ0v) is 14.0. The number of anilines is 3. The van der Waals surface area contributed by atoms with E-state index in [-0.39, 0.29) is 0 Å². The number of benzene rings is 1. The van der Waals surface area contributed by atoms with Crippen molar-refractivity contribution in [1.29, 1.82) is 0 Å². The lowest BCUT2D eigenvalue weighted by Crippen LogP contribution is -2.08. The molecule has 1 aromatic carbocycles. The van der Waals surface area contributed by atoms with Gasteiger partial charge in [-0.2, -0.15) is 4.98 Å². The van der Waals surface area contributed by atoms with Gasteiger partial charge in [-0.05, 0) is 37.3 Å². The normalized spacial score (nSPS) is 10.5. The molecule has 2 N–H and O–H groups in total. The number of nitrogens with zero attached hydrogens (tertiary/aromatic N) is 2. The van der Waals surface area contributed by atoms with Crippen molar-refractivity contribution in [3.8, 4) is 0 Å². The molecule has 0 bridgehead atoms. The molecule has 2 rings (SSSR count). The largest absolute Gasteiger partial charge is 0.354 e. The summed E-state index contributed by atoms with van der Waals surface area (Å²) in [6.07, 6.45) is 3.06. The number of aromatic nitrogens is 2. The highest BCUT2D eigenvalue weighted by atomic mass is 15.1. The molecule has 0 amide bonds. The van der Waals surface area contributed by atoms with Crippen molar-refractivity contribution in [1.82, 2.24) is 9.97 Å². The van der Waals surface area contributed by atoms with Crippen LogP contribution in [-0.2, 0) is 12.8 Å². The molecule has 0 atom stereocenters. The Bertz CT molecular complexity index is 600. The highest BCUT2D eigenvalue weighted by Gasteiger charge is 2.08.